The maximum absolute atomic E-state index is 8.84. The van der Waals surface area contributed by atoms with Gasteiger partial charge in [-0.2, -0.15) is 0 Å². The van der Waals surface area contributed by atoms with E-state index in [2.05, 4.69) is 233 Å². The fourth-order valence-corrected chi connectivity index (χ4v) is 12.3. The van der Waals surface area contributed by atoms with Gasteiger partial charge in [0.05, 0.1) is 16.6 Å². The average molecular weight is 1150 g/mol. The average Bonchev–Trinajstić information content (AvgIpc) is 4.11. The number of hydrogen-bond acceptors (Lipinski definition) is 2. The summed E-state index contributed by atoms with van der Waals surface area (Å²) in [4.78, 5) is 5.13. The molecule has 13 aromatic rings. The maximum atomic E-state index is 8.84. The molecule has 0 bridgehead atoms. The van der Waals surface area contributed by atoms with E-state index in [0.717, 1.165) is 75.6 Å². The van der Waals surface area contributed by atoms with E-state index in [9.17, 15) is 0 Å². The van der Waals surface area contributed by atoms with Gasteiger partial charge >= 0.3 is 300 Å². The summed E-state index contributed by atoms with van der Waals surface area (Å²) in [5.74, 6) is 1.85. The topological polar surface area (TPSA) is 41.3 Å². The van der Waals surface area contributed by atoms with E-state index in [-0.39, 0.29) is 21.8 Å². The number of aryl methyl sites for hydroxylation is 1. The quantitative estimate of drug-likeness (QED) is 0.166. The molecule has 0 saturated carbocycles. The molecule has 0 atom stereocenters. The molecule has 8 aromatic carbocycles. The Morgan fingerprint density at radius 2 is 1.00 bits per heavy atom. The second-order valence-electron chi connectivity index (χ2n) is 23.1. The van der Waals surface area contributed by atoms with Crippen molar-refractivity contribution in [3.05, 3.63) is 202 Å². The second-order valence-corrected chi connectivity index (χ2v) is 24.2. The van der Waals surface area contributed by atoms with Gasteiger partial charge in [0, 0.05) is 37.4 Å². The molecule has 5 heterocycles. The van der Waals surface area contributed by atoms with Gasteiger partial charge in [-0.25, -0.2) is 0 Å². The van der Waals surface area contributed by atoms with Crippen LogP contribution in [-0.4, -0.2) is 23.1 Å². The molecule has 0 aliphatic heterocycles. The summed E-state index contributed by atoms with van der Waals surface area (Å²) in [7, 11) is 0. The van der Waals surface area contributed by atoms with Crippen molar-refractivity contribution in [1.82, 2.24) is 23.1 Å². The standard InChI is InChI=1S/C67H59N5O.Pt/c1-41-29-63(68-39-56(41)42-19-12-11-13-20-42)71-60-36-48(27-28-51(60)54-37-55-53-23-18-22-52-50-21-14-15-24-57(50)72(64(52)53)62(55)38-61(54)71)73-49-34-45(67(8,9)10)33-47(35-49)70-40-69(58-25-16-17-26-59(58)70)46-31-43(65(2,3)4)30-44(32-46)66(5,6)7;/h11-39H,1-10H3;/i1D3;. The summed E-state index contributed by atoms with van der Waals surface area (Å²) < 4.78 is 44.0. The predicted octanol–water partition coefficient (Wildman–Crippen LogP) is 17.8. The van der Waals surface area contributed by atoms with Crippen molar-refractivity contribution < 1.29 is 28.2 Å². The third-order valence-electron chi connectivity index (χ3n) is 15.1. The number of aromatic nitrogens is 5. The third kappa shape index (κ3) is 7.31. The number of para-hydroxylation sites is 4. The summed E-state index contributed by atoms with van der Waals surface area (Å²) in [6.07, 6.45) is 1.72. The SMILES string of the molecule is [2H]C([2H])([2H])c1cc(-n2c3cc(Oc4cc(-n5[c](=[Pt])n(-c6cc(C(C)(C)C)cc(C(C)(C)C)c6)c6ccccc65)cc(C(C)(C)C)c4)ccc3c3cc4c5cccc6c7ccccc7n(c4cc32)c65)ncc1-c1ccccc1. The van der Waals surface area contributed by atoms with Crippen LogP contribution < -0.4 is 4.74 Å². The molecule has 0 fully saturated rings. The van der Waals surface area contributed by atoms with Crippen LogP contribution >= 0.6 is 0 Å². The van der Waals surface area contributed by atoms with Gasteiger partial charge in [-0.3, -0.25) is 0 Å². The molecule has 6 nitrogen and oxygen atoms in total. The zero-order valence-electron chi connectivity index (χ0n) is 46.2. The van der Waals surface area contributed by atoms with E-state index >= 15 is 0 Å². The zero-order valence-corrected chi connectivity index (χ0v) is 45.5. The molecule has 0 aliphatic rings. The molecule has 0 unspecified atom stereocenters. The van der Waals surface area contributed by atoms with Crippen LogP contribution in [0.2, 0.25) is 0 Å². The molecule has 74 heavy (non-hydrogen) atoms. The third-order valence-corrected chi connectivity index (χ3v) is 16.2. The number of imidazole rings is 1. The van der Waals surface area contributed by atoms with Crippen LogP contribution in [0, 0.1) is 10.7 Å². The molecule has 0 amide bonds. The zero-order chi connectivity index (χ0) is 53.7. The van der Waals surface area contributed by atoms with E-state index < -0.39 is 6.85 Å². The first-order valence-corrected chi connectivity index (χ1v) is 26.6. The van der Waals surface area contributed by atoms with Gasteiger partial charge in [-0.05, 0) is 24.0 Å². The molecule has 0 saturated heterocycles. The fraction of sp³-hybridized carbons (Fsp3) is 0.194. The number of ether oxygens (including phenoxy) is 1. The van der Waals surface area contributed by atoms with Crippen LogP contribution in [0.5, 0.6) is 11.5 Å². The Balaban J connectivity index is 1.02. The monoisotopic (exact) mass is 1150 g/mol. The first kappa shape index (κ1) is 42.9. The molecule has 7 heteroatoms. The summed E-state index contributed by atoms with van der Waals surface area (Å²) in [6, 6.07) is 59.8. The van der Waals surface area contributed by atoms with Gasteiger partial charge in [-0.1, -0.05) is 66.7 Å². The number of nitrogens with zero attached hydrogens (tertiary/aromatic N) is 5. The van der Waals surface area contributed by atoms with Crippen LogP contribution in [0.15, 0.2) is 176 Å². The first-order valence-electron chi connectivity index (χ1n) is 27.0. The van der Waals surface area contributed by atoms with Crippen LogP contribution in [-0.2, 0) is 35.6 Å². The Labute approximate surface area is 447 Å². The van der Waals surface area contributed by atoms with E-state index in [1.807, 2.05) is 30.3 Å². The van der Waals surface area contributed by atoms with Gasteiger partial charge in [-0.15, -0.1) is 0 Å². The van der Waals surface area contributed by atoms with E-state index in [4.69, 9.17) is 13.8 Å². The van der Waals surface area contributed by atoms with Crippen molar-refractivity contribution in [2.45, 2.75) is 85.4 Å². The van der Waals surface area contributed by atoms with Gasteiger partial charge in [0.15, 0.2) is 0 Å². The van der Waals surface area contributed by atoms with Crippen molar-refractivity contribution in [3.63, 3.8) is 0 Å². The number of benzene rings is 8. The molecular weight excluding hydrogens is 1090 g/mol. The van der Waals surface area contributed by atoms with Crippen molar-refractivity contribution in [2.24, 2.45) is 0 Å². The smallest absolute Gasteiger partial charge is 0.0622 e. The summed E-state index contributed by atoms with van der Waals surface area (Å²) in [6.45, 7) is 18.0. The summed E-state index contributed by atoms with van der Waals surface area (Å²) >= 11 is 2.50. The molecule has 0 aliphatic carbocycles. The molecule has 368 valence electrons. The number of fused-ring (bicyclic) bond motifs is 10. The molecule has 13 rings (SSSR count). The van der Waals surface area contributed by atoms with Crippen LogP contribution in [0.1, 0.15) is 88.7 Å². The van der Waals surface area contributed by atoms with Crippen molar-refractivity contribution in [1.29, 1.82) is 0 Å². The minimum atomic E-state index is -2.42. The van der Waals surface area contributed by atoms with E-state index in [1.54, 1.807) is 12.3 Å². The Bertz CT molecular complexity index is 4580. The van der Waals surface area contributed by atoms with Gasteiger partial charge < -0.3 is 4.40 Å². The Kier molecular flexibility index (Phi) is 9.56. The van der Waals surface area contributed by atoms with Crippen LogP contribution in [0.3, 0.4) is 0 Å². The van der Waals surface area contributed by atoms with E-state index in [1.165, 1.54) is 32.8 Å². The van der Waals surface area contributed by atoms with Gasteiger partial charge in [0.25, 0.3) is 0 Å². The minimum absolute atomic E-state index is 0.0488. The predicted molar refractivity (Wildman–Crippen MR) is 305 cm³/mol. The second kappa shape index (κ2) is 16.5. The normalized spacial score (nSPS) is 13.6. The van der Waals surface area contributed by atoms with E-state index in [0.29, 0.717) is 22.9 Å². The molecular formula is C67H59N5OPt. The minimum Gasteiger partial charge on any atom is -0.0622 e. The van der Waals surface area contributed by atoms with Crippen LogP contribution in [0.25, 0.3) is 99.3 Å². The molecule has 5 aromatic heterocycles. The van der Waals surface area contributed by atoms with Gasteiger partial charge in [0.1, 0.15) is 0 Å². The fourth-order valence-electron chi connectivity index (χ4n) is 11.2. The summed E-state index contributed by atoms with van der Waals surface area (Å²) in [5, 5.41) is 6.78. The van der Waals surface area contributed by atoms with Crippen LogP contribution in [0.4, 0.5) is 0 Å². The number of rotatable bonds is 6. The molecule has 0 radical (unpaired) electrons. The number of hydrogen-bond donors (Lipinski definition) is 0. The van der Waals surface area contributed by atoms with Crippen molar-refractivity contribution in [3.8, 4) is 39.8 Å². The number of pyridine rings is 1. The molecule has 0 spiro atoms. The Morgan fingerprint density at radius 1 is 0.446 bits per heavy atom. The Morgan fingerprint density at radius 3 is 1.66 bits per heavy atom. The van der Waals surface area contributed by atoms with Crippen molar-refractivity contribution in [2.75, 3.05) is 0 Å². The Hall–Kier alpha value is -7.53. The summed E-state index contributed by atoms with van der Waals surface area (Å²) in [5.41, 5.74) is 14.5. The first-order chi connectivity index (χ1) is 36.6. The molecule has 0 N–H and O–H groups in total. The van der Waals surface area contributed by atoms with Gasteiger partial charge in [0.2, 0.25) is 0 Å². The van der Waals surface area contributed by atoms with Crippen molar-refractivity contribution >= 4 is 70.9 Å².